The van der Waals surface area contributed by atoms with E-state index in [1.165, 1.54) is 11.7 Å². The summed E-state index contributed by atoms with van der Waals surface area (Å²) in [4.78, 5) is 22.1. The molecule has 0 fully saturated rings. The van der Waals surface area contributed by atoms with E-state index < -0.39 is 11.9 Å². The van der Waals surface area contributed by atoms with Gasteiger partial charge >= 0.3 is 6.03 Å². The first-order valence-corrected chi connectivity index (χ1v) is 5.76. The molecule has 0 aliphatic rings. The second kappa shape index (κ2) is 6.81. The third-order valence-corrected chi connectivity index (χ3v) is 2.61. The third kappa shape index (κ3) is 4.36. The Morgan fingerprint density at radius 2 is 2.29 bits per heavy atom. The summed E-state index contributed by atoms with van der Waals surface area (Å²) < 4.78 is 1.50. The van der Waals surface area contributed by atoms with E-state index in [4.69, 9.17) is 5.73 Å². The Labute approximate surface area is 101 Å². The first-order valence-electron chi connectivity index (χ1n) is 4.78. The minimum atomic E-state index is -0.544. The van der Waals surface area contributed by atoms with Gasteiger partial charge in [0.25, 0.3) is 0 Å². The Hall–Kier alpha value is -1.68. The highest BCUT2D eigenvalue weighted by Gasteiger charge is 2.10. The number of imide groups is 1. The molecule has 9 nitrogen and oxygen atoms in total. The molecule has 0 aromatic carbocycles. The van der Waals surface area contributed by atoms with Crippen LogP contribution in [0.5, 0.6) is 0 Å². The van der Waals surface area contributed by atoms with Crippen molar-refractivity contribution >= 4 is 23.7 Å². The highest BCUT2D eigenvalue weighted by Crippen LogP contribution is 2.12. The van der Waals surface area contributed by atoms with Gasteiger partial charge in [-0.3, -0.25) is 10.1 Å². The quantitative estimate of drug-likeness (QED) is 0.531. The number of tetrazole rings is 1. The van der Waals surface area contributed by atoms with Crippen molar-refractivity contribution in [2.45, 2.75) is 11.7 Å². The summed E-state index contributed by atoms with van der Waals surface area (Å²) in [6.45, 7) is 0.884. The number of urea groups is 1. The number of thioether (sulfide) groups is 1. The van der Waals surface area contributed by atoms with Gasteiger partial charge in [0.05, 0.1) is 12.3 Å². The maximum Gasteiger partial charge on any atom is 0.321 e. The number of nitrogens with two attached hydrogens (primary N) is 1. The molecule has 0 saturated heterocycles. The van der Waals surface area contributed by atoms with E-state index in [1.807, 2.05) is 0 Å². The van der Waals surface area contributed by atoms with E-state index in [1.54, 1.807) is 0 Å². The molecule has 1 heterocycles. The van der Waals surface area contributed by atoms with Crippen molar-refractivity contribution in [2.75, 3.05) is 19.3 Å². The van der Waals surface area contributed by atoms with E-state index >= 15 is 0 Å². The number of rotatable bonds is 5. The van der Waals surface area contributed by atoms with Crippen molar-refractivity contribution in [2.24, 2.45) is 5.73 Å². The van der Waals surface area contributed by atoms with Crippen LogP contribution in [0.4, 0.5) is 4.79 Å². The zero-order chi connectivity index (χ0) is 12.7. The molecule has 17 heavy (non-hydrogen) atoms. The predicted octanol–water partition coefficient (Wildman–Crippen LogP) is -1.82. The van der Waals surface area contributed by atoms with E-state index in [2.05, 4.69) is 26.2 Å². The maximum atomic E-state index is 11.3. The Morgan fingerprint density at radius 1 is 1.53 bits per heavy atom. The van der Waals surface area contributed by atoms with Crippen LogP contribution in [-0.2, 0) is 11.3 Å². The van der Waals surface area contributed by atoms with Crippen LogP contribution >= 0.6 is 11.8 Å². The Morgan fingerprint density at radius 3 is 2.94 bits per heavy atom. The average molecular weight is 259 g/mol. The van der Waals surface area contributed by atoms with Gasteiger partial charge in [-0.15, -0.1) is 5.10 Å². The van der Waals surface area contributed by atoms with Crippen LogP contribution in [0.15, 0.2) is 5.16 Å². The highest BCUT2D eigenvalue weighted by atomic mass is 32.2. The monoisotopic (exact) mass is 259 g/mol. The van der Waals surface area contributed by atoms with Crippen LogP contribution in [0.3, 0.4) is 0 Å². The summed E-state index contributed by atoms with van der Waals surface area (Å²) in [5.41, 5.74) is 5.37. The summed E-state index contributed by atoms with van der Waals surface area (Å²) in [5.74, 6) is -0.366. The minimum absolute atomic E-state index is 0.0539. The Balaban J connectivity index is 2.41. The normalized spacial score (nSPS) is 10.0. The summed E-state index contributed by atoms with van der Waals surface area (Å²) in [7, 11) is 1.43. The molecule has 10 heteroatoms. The lowest BCUT2D eigenvalue weighted by atomic mass is 10.7. The predicted molar refractivity (Wildman–Crippen MR) is 60.2 cm³/mol. The van der Waals surface area contributed by atoms with Crippen LogP contribution in [-0.4, -0.2) is 51.5 Å². The second-order valence-electron chi connectivity index (χ2n) is 2.89. The Kier molecular flexibility index (Phi) is 5.36. The van der Waals surface area contributed by atoms with Crippen molar-refractivity contribution in [1.82, 2.24) is 30.8 Å². The van der Waals surface area contributed by atoms with E-state index in [0.29, 0.717) is 18.2 Å². The van der Waals surface area contributed by atoms with Crippen molar-refractivity contribution in [1.29, 1.82) is 0 Å². The van der Waals surface area contributed by atoms with Crippen LogP contribution in [0, 0.1) is 0 Å². The standard InChI is InChI=1S/C7H13N7O2S/c1-9-6(16)10-5(15)4-17-7-11-12-13-14(7)3-2-8/h2-4,8H2,1H3,(H2,9,10,15,16). The van der Waals surface area contributed by atoms with Crippen molar-refractivity contribution in [3.05, 3.63) is 0 Å². The summed E-state index contributed by atoms with van der Waals surface area (Å²) in [6, 6.07) is -0.544. The number of hydrogen-bond acceptors (Lipinski definition) is 7. The molecular weight excluding hydrogens is 246 g/mol. The van der Waals surface area contributed by atoms with Gasteiger partial charge in [-0.2, -0.15) is 0 Å². The topological polar surface area (TPSA) is 128 Å². The van der Waals surface area contributed by atoms with Gasteiger partial charge in [-0.05, 0) is 10.4 Å². The van der Waals surface area contributed by atoms with Gasteiger partial charge in [-0.1, -0.05) is 11.8 Å². The molecule has 1 aromatic rings. The van der Waals surface area contributed by atoms with E-state index in [-0.39, 0.29) is 5.75 Å². The zero-order valence-corrected chi connectivity index (χ0v) is 10.0. The SMILES string of the molecule is CNC(=O)NC(=O)CSc1nnnn1CCN. The summed E-state index contributed by atoms with van der Waals surface area (Å²) in [6.07, 6.45) is 0. The van der Waals surface area contributed by atoms with Gasteiger partial charge in [0.15, 0.2) is 0 Å². The zero-order valence-electron chi connectivity index (χ0n) is 9.21. The van der Waals surface area contributed by atoms with Crippen molar-refractivity contribution in [3.63, 3.8) is 0 Å². The fourth-order valence-electron chi connectivity index (χ4n) is 0.918. The lowest BCUT2D eigenvalue weighted by molar-refractivity contribution is -0.117. The fourth-order valence-corrected chi connectivity index (χ4v) is 1.62. The molecule has 0 bridgehead atoms. The van der Waals surface area contributed by atoms with Crippen LogP contribution < -0.4 is 16.4 Å². The largest absolute Gasteiger partial charge is 0.341 e. The first kappa shape index (κ1) is 13.4. The van der Waals surface area contributed by atoms with Gasteiger partial charge in [-0.25, -0.2) is 9.48 Å². The van der Waals surface area contributed by atoms with Crippen molar-refractivity contribution in [3.8, 4) is 0 Å². The molecule has 0 spiro atoms. The molecule has 0 unspecified atom stereocenters. The average Bonchev–Trinajstić information content (AvgIpc) is 2.74. The van der Waals surface area contributed by atoms with Crippen molar-refractivity contribution < 1.29 is 9.59 Å². The maximum absolute atomic E-state index is 11.3. The summed E-state index contributed by atoms with van der Waals surface area (Å²) in [5, 5.41) is 15.8. The molecule has 0 radical (unpaired) electrons. The molecular formula is C7H13N7O2S. The van der Waals surface area contributed by atoms with Gasteiger partial charge in [0.2, 0.25) is 11.1 Å². The fraction of sp³-hybridized carbons (Fsp3) is 0.571. The molecule has 0 aliphatic carbocycles. The molecule has 0 aliphatic heterocycles. The van der Waals surface area contributed by atoms with Crippen LogP contribution in [0.2, 0.25) is 0 Å². The highest BCUT2D eigenvalue weighted by molar-refractivity contribution is 7.99. The van der Waals surface area contributed by atoms with Gasteiger partial charge in [0, 0.05) is 13.6 Å². The van der Waals surface area contributed by atoms with Gasteiger partial charge in [0.1, 0.15) is 0 Å². The second-order valence-corrected chi connectivity index (χ2v) is 3.83. The number of aromatic nitrogens is 4. The lowest BCUT2D eigenvalue weighted by Crippen LogP contribution is -2.38. The molecule has 0 saturated carbocycles. The number of nitrogens with zero attached hydrogens (tertiary/aromatic N) is 4. The summed E-state index contributed by atoms with van der Waals surface area (Å²) >= 11 is 1.13. The number of hydrogen-bond donors (Lipinski definition) is 3. The molecule has 94 valence electrons. The lowest BCUT2D eigenvalue weighted by Gasteiger charge is -2.03. The minimum Gasteiger partial charge on any atom is -0.341 e. The smallest absolute Gasteiger partial charge is 0.321 e. The molecule has 4 N–H and O–H groups in total. The molecule has 1 aromatic heterocycles. The number of nitrogens with one attached hydrogen (secondary N) is 2. The third-order valence-electron chi connectivity index (χ3n) is 1.65. The molecule has 0 atom stereocenters. The van der Waals surface area contributed by atoms with E-state index in [9.17, 15) is 9.59 Å². The first-order chi connectivity index (χ1) is 8.17. The number of carbonyl (C=O) groups is 2. The van der Waals surface area contributed by atoms with Gasteiger partial charge < -0.3 is 11.1 Å². The van der Waals surface area contributed by atoms with E-state index in [0.717, 1.165) is 11.8 Å². The number of carbonyl (C=O) groups excluding carboxylic acids is 2. The van der Waals surface area contributed by atoms with Crippen LogP contribution in [0.1, 0.15) is 0 Å². The molecule has 1 rings (SSSR count). The molecule has 3 amide bonds. The number of amides is 3. The van der Waals surface area contributed by atoms with Crippen LogP contribution in [0.25, 0.3) is 0 Å². The Bertz CT molecular complexity index is 393.